The number of anilines is 2. The lowest BCUT2D eigenvalue weighted by Crippen LogP contribution is -2.20. The molecule has 46 heavy (non-hydrogen) atoms. The zero-order valence-electron chi connectivity index (χ0n) is 23.6. The van der Waals surface area contributed by atoms with Gasteiger partial charge in [0.1, 0.15) is 34.9 Å². The number of hydrogen-bond acceptors (Lipinski definition) is 4. The largest absolute Gasteiger partial charge is 0.478 e. The van der Waals surface area contributed by atoms with Crippen LogP contribution >= 0.6 is 0 Å². The minimum Gasteiger partial charge on any atom is -0.478 e. The van der Waals surface area contributed by atoms with Gasteiger partial charge in [-0.05, 0) is 72.6 Å². The van der Waals surface area contributed by atoms with Crippen molar-refractivity contribution in [2.75, 3.05) is 10.6 Å². The maximum absolute atomic E-state index is 15.1. The fourth-order valence-electron chi connectivity index (χ4n) is 4.70. The van der Waals surface area contributed by atoms with E-state index in [4.69, 9.17) is 5.11 Å². The molecular weight excluding hydrogens is 613 g/mol. The molecule has 4 aromatic carbocycles. The van der Waals surface area contributed by atoms with E-state index in [1.54, 1.807) is 18.3 Å². The highest BCUT2D eigenvalue weighted by molar-refractivity contribution is 6.06. The molecular formula is C32H22F5N5O4. The number of halogens is 5. The number of hydrogen-bond donors (Lipinski definition) is 5. The van der Waals surface area contributed by atoms with E-state index >= 15 is 4.39 Å². The molecule has 1 aliphatic rings. The van der Waals surface area contributed by atoms with Crippen molar-refractivity contribution < 1.29 is 41.4 Å². The van der Waals surface area contributed by atoms with Crippen molar-refractivity contribution in [1.82, 2.24) is 15.3 Å². The van der Waals surface area contributed by atoms with Gasteiger partial charge in [-0.3, -0.25) is 4.79 Å². The Kier molecular flexibility index (Phi) is 8.80. The standard InChI is InChI=1S/C25H18F3N5O2.C7H4F2O2/c1-12-10-29-23(31-12)17-6-5-15(18-11-30-24(34)22(17)18)16-4-3-14(9-20(16)28)32-25(35)33-21-8-13(26)2-7-19(21)27;8-4-1-2-6(9)5(3-4)7(10)11/h2-10H,11H2,1H3,(H,29,31)(H,30,34)(H2,32,33,35);1-3H,(H,10,11). The summed E-state index contributed by atoms with van der Waals surface area (Å²) in [5.74, 6) is -5.06. The second-order valence-electron chi connectivity index (χ2n) is 9.94. The van der Waals surface area contributed by atoms with Crippen molar-refractivity contribution in [2.45, 2.75) is 13.5 Å². The maximum atomic E-state index is 15.1. The number of nitrogens with zero attached hydrogens (tertiary/aromatic N) is 1. The number of carbonyl (C=O) groups excluding carboxylic acids is 2. The van der Waals surface area contributed by atoms with Crippen LogP contribution in [0.2, 0.25) is 0 Å². The molecule has 3 amide bonds. The van der Waals surface area contributed by atoms with Gasteiger partial charge < -0.3 is 26.0 Å². The molecule has 2 heterocycles. The molecule has 0 saturated heterocycles. The fraction of sp³-hybridized carbons (Fsp3) is 0.0625. The Morgan fingerprint density at radius 1 is 0.804 bits per heavy atom. The molecule has 9 nitrogen and oxygen atoms in total. The summed E-state index contributed by atoms with van der Waals surface area (Å²) in [4.78, 5) is 42.3. The predicted octanol–water partition coefficient (Wildman–Crippen LogP) is 7.02. The van der Waals surface area contributed by atoms with E-state index in [0.29, 0.717) is 34.1 Å². The van der Waals surface area contributed by atoms with E-state index in [2.05, 4.69) is 25.9 Å². The Balaban J connectivity index is 0.000000322. The van der Waals surface area contributed by atoms with Crippen LogP contribution in [0.4, 0.5) is 38.1 Å². The highest BCUT2D eigenvalue weighted by Gasteiger charge is 2.28. The minimum absolute atomic E-state index is 0.106. The van der Waals surface area contributed by atoms with Gasteiger partial charge in [0.05, 0.1) is 16.8 Å². The van der Waals surface area contributed by atoms with Crippen LogP contribution in [-0.2, 0) is 6.54 Å². The van der Waals surface area contributed by atoms with Crippen molar-refractivity contribution in [3.05, 3.63) is 124 Å². The molecule has 0 radical (unpaired) electrons. The molecule has 5 N–H and O–H groups in total. The molecule has 0 unspecified atom stereocenters. The number of amides is 3. The van der Waals surface area contributed by atoms with E-state index in [1.165, 1.54) is 12.1 Å². The van der Waals surface area contributed by atoms with Gasteiger partial charge in [0, 0.05) is 41.3 Å². The van der Waals surface area contributed by atoms with Crippen molar-refractivity contribution in [3.63, 3.8) is 0 Å². The lowest BCUT2D eigenvalue weighted by Gasteiger charge is -2.13. The third kappa shape index (κ3) is 6.70. The molecule has 5 aromatic rings. The summed E-state index contributed by atoms with van der Waals surface area (Å²) in [5, 5.41) is 15.6. The van der Waals surface area contributed by atoms with Crippen LogP contribution in [-0.4, -0.2) is 33.0 Å². The summed E-state index contributed by atoms with van der Waals surface area (Å²) >= 11 is 0. The number of carboxylic acids is 1. The lowest BCUT2D eigenvalue weighted by atomic mass is 9.92. The summed E-state index contributed by atoms with van der Waals surface area (Å²) in [5.41, 5.74) is 2.40. The Morgan fingerprint density at radius 3 is 2.13 bits per heavy atom. The van der Waals surface area contributed by atoms with Gasteiger partial charge in [0.15, 0.2) is 0 Å². The number of fused-ring (bicyclic) bond motifs is 1. The second kappa shape index (κ2) is 12.9. The first kappa shape index (κ1) is 31.4. The predicted molar refractivity (Wildman–Crippen MR) is 158 cm³/mol. The van der Waals surface area contributed by atoms with Crippen LogP contribution in [0.5, 0.6) is 0 Å². The van der Waals surface area contributed by atoms with E-state index in [9.17, 15) is 31.9 Å². The third-order valence-corrected chi connectivity index (χ3v) is 6.78. The number of urea groups is 1. The summed E-state index contributed by atoms with van der Waals surface area (Å²) in [6.07, 6.45) is 1.66. The summed E-state index contributed by atoms with van der Waals surface area (Å²) in [6.45, 7) is 2.09. The lowest BCUT2D eigenvalue weighted by molar-refractivity contribution is 0.0691. The monoisotopic (exact) mass is 635 g/mol. The topological polar surface area (TPSA) is 136 Å². The van der Waals surface area contributed by atoms with Gasteiger partial charge in [0.25, 0.3) is 5.91 Å². The first-order valence-electron chi connectivity index (χ1n) is 13.4. The second-order valence-corrected chi connectivity index (χ2v) is 9.94. The highest BCUT2D eigenvalue weighted by atomic mass is 19.1. The summed E-state index contributed by atoms with van der Waals surface area (Å²) < 4.78 is 66.9. The number of nitrogens with one attached hydrogen (secondary N) is 4. The van der Waals surface area contributed by atoms with Crippen LogP contribution in [0.3, 0.4) is 0 Å². The van der Waals surface area contributed by atoms with Crippen molar-refractivity contribution >= 4 is 29.3 Å². The Hall–Kier alpha value is -6.05. The number of rotatable bonds is 5. The van der Waals surface area contributed by atoms with Crippen molar-refractivity contribution in [1.29, 1.82) is 0 Å². The Morgan fingerprint density at radius 2 is 1.48 bits per heavy atom. The number of imidazole rings is 1. The van der Waals surface area contributed by atoms with Crippen molar-refractivity contribution in [2.24, 2.45) is 0 Å². The quantitative estimate of drug-likeness (QED) is 0.132. The normalized spacial score (nSPS) is 11.7. The molecule has 0 fully saturated rings. The number of aromatic nitrogens is 2. The van der Waals surface area contributed by atoms with Crippen LogP contribution in [0.15, 0.2) is 72.9 Å². The first-order chi connectivity index (χ1) is 21.9. The molecule has 6 rings (SSSR count). The van der Waals surface area contributed by atoms with Crippen LogP contribution in [0, 0.1) is 36.0 Å². The van der Waals surface area contributed by atoms with Gasteiger partial charge in [-0.25, -0.2) is 36.5 Å². The highest BCUT2D eigenvalue weighted by Crippen LogP contribution is 2.37. The molecule has 0 spiro atoms. The van der Waals surface area contributed by atoms with E-state index in [-0.39, 0.29) is 29.4 Å². The van der Waals surface area contributed by atoms with E-state index < -0.39 is 46.6 Å². The number of benzene rings is 4. The summed E-state index contributed by atoms with van der Waals surface area (Å²) in [7, 11) is 0. The number of aryl methyl sites for hydroxylation is 1. The molecule has 1 aliphatic heterocycles. The van der Waals surface area contributed by atoms with Crippen LogP contribution in [0.25, 0.3) is 22.5 Å². The zero-order chi connectivity index (χ0) is 33.1. The molecule has 0 aliphatic carbocycles. The van der Waals surface area contributed by atoms with Crippen LogP contribution < -0.4 is 16.0 Å². The summed E-state index contributed by atoms with van der Waals surface area (Å²) in [6, 6.07) is 11.5. The van der Waals surface area contributed by atoms with Gasteiger partial charge >= 0.3 is 12.0 Å². The molecule has 1 aromatic heterocycles. The zero-order valence-corrected chi connectivity index (χ0v) is 23.6. The van der Waals surface area contributed by atoms with E-state index in [1.807, 2.05) is 6.92 Å². The maximum Gasteiger partial charge on any atom is 0.338 e. The number of aromatic amines is 1. The third-order valence-electron chi connectivity index (χ3n) is 6.78. The molecule has 0 atom stereocenters. The number of H-pyrrole nitrogens is 1. The Bertz CT molecular complexity index is 2010. The Labute approximate surface area is 257 Å². The number of carbonyl (C=O) groups is 3. The minimum atomic E-state index is -1.47. The van der Waals surface area contributed by atoms with Gasteiger partial charge in [-0.1, -0.05) is 6.07 Å². The fourth-order valence-corrected chi connectivity index (χ4v) is 4.70. The van der Waals surface area contributed by atoms with Gasteiger partial charge in [0.2, 0.25) is 0 Å². The van der Waals surface area contributed by atoms with E-state index in [0.717, 1.165) is 42.1 Å². The average molecular weight is 636 g/mol. The van der Waals surface area contributed by atoms with Gasteiger partial charge in [-0.2, -0.15) is 0 Å². The molecule has 234 valence electrons. The number of aromatic carboxylic acids is 1. The molecule has 0 bridgehead atoms. The number of carboxylic acid groups (broad SMARTS) is 1. The average Bonchev–Trinajstić information content (AvgIpc) is 3.62. The first-order valence-corrected chi connectivity index (χ1v) is 13.4. The van der Waals surface area contributed by atoms with Crippen LogP contribution in [0.1, 0.15) is 32.0 Å². The smallest absolute Gasteiger partial charge is 0.338 e. The van der Waals surface area contributed by atoms with Gasteiger partial charge in [-0.15, -0.1) is 0 Å². The SMILES string of the molecule is Cc1cnc(-c2ccc(-c3ccc(NC(=O)Nc4cc(F)ccc4F)cc3F)c3c2C(=O)NC3)[nH]1.O=C(O)c1cc(F)ccc1F. The molecule has 14 heteroatoms. The molecule has 0 saturated carbocycles. The van der Waals surface area contributed by atoms with Crippen molar-refractivity contribution in [3.8, 4) is 22.5 Å².